The third kappa shape index (κ3) is 3.26. The molecule has 1 amide bonds. The first kappa shape index (κ1) is 13.9. The first-order valence-electron chi connectivity index (χ1n) is 6.79. The van der Waals surface area contributed by atoms with Gasteiger partial charge in [0.1, 0.15) is 5.75 Å². The first-order chi connectivity index (χ1) is 9.11. The number of aliphatic hydroxyl groups excluding tert-OH is 1. The van der Waals surface area contributed by atoms with Gasteiger partial charge in [-0.2, -0.15) is 0 Å². The zero-order valence-electron chi connectivity index (χ0n) is 11.5. The quantitative estimate of drug-likeness (QED) is 0.851. The minimum atomic E-state index is -0.0816. The van der Waals surface area contributed by atoms with Gasteiger partial charge >= 0.3 is 0 Å². The Labute approximate surface area is 113 Å². The van der Waals surface area contributed by atoms with Gasteiger partial charge in [-0.15, -0.1) is 0 Å². The third-order valence-corrected chi connectivity index (χ3v) is 3.51. The molecular formula is C15H21NO3. The van der Waals surface area contributed by atoms with Crippen molar-refractivity contribution in [2.45, 2.75) is 32.7 Å². The van der Waals surface area contributed by atoms with E-state index >= 15 is 0 Å². The van der Waals surface area contributed by atoms with Crippen LogP contribution in [0, 0.1) is 5.92 Å². The number of carbonyl (C=O) groups excluding carboxylic acids is 1. The van der Waals surface area contributed by atoms with Gasteiger partial charge < -0.3 is 15.2 Å². The molecule has 1 aromatic rings. The molecule has 1 heterocycles. The summed E-state index contributed by atoms with van der Waals surface area (Å²) in [6.07, 6.45) is 1.44. The highest BCUT2D eigenvalue weighted by Crippen LogP contribution is 2.25. The van der Waals surface area contributed by atoms with E-state index in [-0.39, 0.29) is 18.6 Å². The minimum absolute atomic E-state index is 0.00186. The minimum Gasteiger partial charge on any atom is -0.493 e. The summed E-state index contributed by atoms with van der Waals surface area (Å²) in [6, 6.07) is 5.54. The van der Waals surface area contributed by atoms with E-state index in [1.54, 1.807) is 6.07 Å². The Kier molecular flexibility index (Phi) is 4.43. The Bertz CT molecular complexity index is 457. The molecule has 1 aromatic carbocycles. The lowest BCUT2D eigenvalue weighted by Gasteiger charge is -2.21. The number of rotatable bonds is 5. The summed E-state index contributed by atoms with van der Waals surface area (Å²) in [6.45, 7) is 4.86. The van der Waals surface area contributed by atoms with Crippen molar-refractivity contribution in [2.24, 2.45) is 5.92 Å². The molecular weight excluding hydrogens is 242 g/mol. The molecule has 0 spiro atoms. The molecule has 0 saturated carbocycles. The van der Waals surface area contributed by atoms with E-state index < -0.39 is 0 Å². The monoisotopic (exact) mass is 263 g/mol. The van der Waals surface area contributed by atoms with Crippen LogP contribution in [-0.4, -0.2) is 30.3 Å². The van der Waals surface area contributed by atoms with Crippen molar-refractivity contribution in [2.75, 3.05) is 13.2 Å². The zero-order valence-corrected chi connectivity index (χ0v) is 11.5. The van der Waals surface area contributed by atoms with Crippen LogP contribution < -0.4 is 10.1 Å². The van der Waals surface area contributed by atoms with E-state index in [0.29, 0.717) is 24.5 Å². The van der Waals surface area contributed by atoms with Crippen LogP contribution in [-0.2, 0) is 6.42 Å². The fourth-order valence-electron chi connectivity index (χ4n) is 2.29. The average Bonchev–Trinajstić information content (AvgIpc) is 2.85. The largest absolute Gasteiger partial charge is 0.493 e. The molecule has 104 valence electrons. The Balaban J connectivity index is 2.07. The van der Waals surface area contributed by atoms with Crippen molar-refractivity contribution in [1.82, 2.24) is 5.32 Å². The predicted octanol–water partition coefficient (Wildman–Crippen LogP) is 1.76. The number of nitrogens with one attached hydrogen (secondary N) is 1. The van der Waals surface area contributed by atoms with E-state index in [9.17, 15) is 4.79 Å². The van der Waals surface area contributed by atoms with Crippen LogP contribution in [0.15, 0.2) is 18.2 Å². The second-order valence-electron chi connectivity index (χ2n) is 5.26. The van der Waals surface area contributed by atoms with Gasteiger partial charge in [0.2, 0.25) is 0 Å². The molecule has 0 aliphatic carbocycles. The number of carbonyl (C=O) groups is 1. The number of fused-ring (bicyclic) bond motifs is 1. The highest BCUT2D eigenvalue weighted by Gasteiger charge is 2.19. The molecule has 0 bridgehead atoms. The lowest BCUT2D eigenvalue weighted by Crippen LogP contribution is -2.39. The lowest BCUT2D eigenvalue weighted by atomic mass is 10.0. The molecule has 1 unspecified atom stereocenters. The summed E-state index contributed by atoms with van der Waals surface area (Å²) in [5, 5.41) is 12.0. The molecule has 0 radical (unpaired) electrons. The van der Waals surface area contributed by atoms with Crippen molar-refractivity contribution in [3.8, 4) is 5.75 Å². The Morgan fingerprint density at radius 3 is 2.95 bits per heavy atom. The van der Waals surface area contributed by atoms with Crippen LogP contribution in [0.5, 0.6) is 5.75 Å². The number of amides is 1. The van der Waals surface area contributed by atoms with Crippen LogP contribution in [0.2, 0.25) is 0 Å². The zero-order chi connectivity index (χ0) is 13.8. The number of hydrogen-bond acceptors (Lipinski definition) is 3. The lowest BCUT2D eigenvalue weighted by molar-refractivity contribution is 0.0916. The maximum atomic E-state index is 12.2. The highest BCUT2D eigenvalue weighted by atomic mass is 16.5. The predicted molar refractivity (Wildman–Crippen MR) is 73.4 cm³/mol. The molecule has 1 aliphatic rings. The molecule has 2 N–H and O–H groups in total. The first-order valence-corrected chi connectivity index (χ1v) is 6.79. The topological polar surface area (TPSA) is 58.6 Å². The van der Waals surface area contributed by atoms with Gasteiger partial charge in [0.05, 0.1) is 6.61 Å². The molecule has 0 aromatic heterocycles. The molecule has 0 fully saturated rings. The van der Waals surface area contributed by atoms with E-state index in [2.05, 4.69) is 5.32 Å². The summed E-state index contributed by atoms with van der Waals surface area (Å²) >= 11 is 0. The van der Waals surface area contributed by atoms with Crippen molar-refractivity contribution in [1.29, 1.82) is 0 Å². The van der Waals surface area contributed by atoms with Gasteiger partial charge in [-0.25, -0.2) is 0 Å². The van der Waals surface area contributed by atoms with Gasteiger partial charge in [0.25, 0.3) is 5.91 Å². The van der Waals surface area contributed by atoms with Gasteiger partial charge in [0.15, 0.2) is 0 Å². The van der Waals surface area contributed by atoms with Crippen LogP contribution in [0.25, 0.3) is 0 Å². The molecule has 1 aliphatic heterocycles. The van der Waals surface area contributed by atoms with Crippen LogP contribution in [0.1, 0.15) is 36.2 Å². The van der Waals surface area contributed by atoms with Gasteiger partial charge in [0, 0.05) is 24.6 Å². The SMILES string of the molecule is CC(C)C(CCO)NC(=O)c1ccc2c(c1)CCO2. The summed E-state index contributed by atoms with van der Waals surface area (Å²) in [7, 11) is 0. The van der Waals surface area contributed by atoms with E-state index in [1.165, 1.54) is 0 Å². The molecule has 4 nitrogen and oxygen atoms in total. The maximum Gasteiger partial charge on any atom is 0.251 e. The second kappa shape index (κ2) is 6.06. The van der Waals surface area contributed by atoms with Crippen molar-refractivity contribution < 1.29 is 14.6 Å². The van der Waals surface area contributed by atoms with Crippen molar-refractivity contribution in [3.63, 3.8) is 0 Å². The van der Waals surface area contributed by atoms with E-state index in [0.717, 1.165) is 17.7 Å². The van der Waals surface area contributed by atoms with Crippen molar-refractivity contribution in [3.05, 3.63) is 29.3 Å². The van der Waals surface area contributed by atoms with Gasteiger partial charge in [-0.3, -0.25) is 4.79 Å². The number of aliphatic hydroxyl groups is 1. The van der Waals surface area contributed by atoms with Crippen LogP contribution in [0.3, 0.4) is 0 Å². The smallest absolute Gasteiger partial charge is 0.251 e. The second-order valence-corrected chi connectivity index (χ2v) is 5.26. The fourth-order valence-corrected chi connectivity index (χ4v) is 2.29. The number of benzene rings is 1. The third-order valence-electron chi connectivity index (χ3n) is 3.51. The highest BCUT2D eigenvalue weighted by molar-refractivity contribution is 5.94. The molecule has 2 rings (SSSR count). The van der Waals surface area contributed by atoms with Crippen LogP contribution in [0.4, 0.5) is 0 Å². The normalized spacial score (nSPS) is 14.9. The Morgan fingerprint density at radius 2 is 2.26 bits per heavy atom. The molecule has 0 saturated heterocycles. The summed E-state index contributed by atoms with van der Waals surface area (Å²) in [5.41, 5.74) is 1.75. The number of hydrogen-bond donors (Lipinski definition) is 2. The Morgan fingerprint density at radius 1 is 1.47 bits per heavy atom. The summed E-state index contributed by atoms with van der Waals surface area (Å²) < 4.78 is 5.43. The maximum absolute atomic E-state index is 12.2. The summed E-state index contributed by atoms with van der Waals surface area (Å²) in [4.78, 5) is 12.2. The van der Waals surface area contributed by atoms with Gasteiger partial charge in [-0.05, 0) is 36.1 Å². The number of ether oxygens (including phenoxy) is 1. The molecule has 4 heteroatoms. The summed E-state index contributed by atoms with van der Waals surface area (Å²) in [5.74, 6) is 1.10. The van der Waals surface area contributed by atoms with E-state index in [4.69, 9.17) is 9.84 Å². The average molecular weight is 263 g/mol. The van der Waals surface area contributed by atoms with E-state index in [1.807, 2.05) is 26.0 Å². The molecule has 19 heavy (non-hydrogen) atoms. The van der Waals surface area contributed by atoms with Crippen molar-refractivity contribution >= 4 is 5.91 Å². The fraction of sp³-hybridized carbons (Fsp3) is 0.533. The standard InChI is InChI=1S/C15H21NO3/c1-10(2)13(5-7-17)16-15(18)12-3-4-14-11(9-12)6-8-19-14/h3-4,9-10,13,17H,5-8H2,1-2H3,(H,16,18). The van der Waals surface area contributed by atoms with Gasteiger partial charge in [-0.1, -0.05) is 13.8 Å². The Hall–Kier alpha value is -1.55. The van der Waals surface area contributed by atoms with Crippen LogP contribution >= 0.6 is 0 Å². The molecule has 1 atom stereocenters.